The second kappa shape index (κ2) is 7.89. The lowest BCUT2D eigenvalue weighted by Crippen LogP contribution is -2.33. The van der Waals surface area contributed by atoms with Gasteiger partial charge in [0, 0.05) is 22.0 Å². The van der Waals surface area contributed by atoms with Crippen LogP contribution < -0.4 is 0 Å². The maximum Gasteiger partial charge on any atom is 0.244 e. The molecule has 0 saturated carbocycles. The van der Waals surface area contributed by atoms with Crippen LogP contribution in [0.1, 0.15) is 13.3 Å². The molecule has 1 aromatic rings. The van der Waals surface area contributed by atoms with E-state index in [4.69, 9.17) is 0 Å². The molecular formula is C13H20Br2N2O2S. The van der Waals surface area contributed by atoms with E-state index in [1.807, 2.05) is 21.0 Å². The zero-order valence-electron chi connectivity index (χ0n) is 11.9. The average Bonchev–Trinajstić information content (AvgIpc) is 2.33. The van der Waals surface area contributed by atoms with E-state index in [2.05, 4.69) is 36.8 Å². The Kier molecular flexibility index (Phi) is 7.14. The summed E-state index contributed by atoms with van der Waals surface area (Å²) in [7, 11) is 0.515. The third-order valence-electron chi connectivity index (χ3n) is 2.88. The molecule has 114 valence electrons. The smallest absolute Gasteiger partial charge is 0.244 e. The molecule has 1 rings (SSSR count). The number of benzene rings is 1. The molecule has 0 heterocycles. The van der Waals surface area contributed by atoms with Gasteiger partial charge < -0.3 is 4.90 Å². The second-order valence-electron chi connectivity index (χ2n) is 4.73. The summed E-state index contributed by atoms with van der Waals surface area (Å²) in [5.74, 6) is 0. The Hall–Kier alpha value is 0.0500. The van der Waals surface area contributed by atoms with Crippen molar-refractivity contribution >= 4 is 41.9 Å². The van der Waals surface area contributed by atoms with E-state index in [9.17, 15) is 8.42 Å². The zero-order valence-corrected chi connectivity index (χ0v) is 15.9. The van der Waals surface area contributed by atoms with Gasteiger partial charge in [-0.25, -0.2) is 8.42 Å². The third-order valence-corrected chi connectivity index (χ3v) is 6.32. The fourth-order valence-electron chi connectivity index (χ4n) is 1.84. The van der Waals surface area contributed by atoms with E-state index in [1.54, 1.807) is 18.2 Å². The highest BCUT2D eigenvalue weighted by atomic mass is 79.9. The predicted octanol–water partition coefficient (Wildman–Crippen LogP) is 3.17. The Morgan fingerprint density at radius 2 is 1.80 bits per heavy atom. The van der Waals surface area contributed by atoms with Crippen molar-refractivity contribution < 1.29 is 8.42 Å². The summed E-state index contributed by atoms with van der Waals surface area (Å²) in [6.45, 7) is 3.73. The monoisotopic (exact) mass is 426 g/mol. The molecule has 4 nitrogen and oxygen atoms in total. The molecule has 0 atom stereocenters. The predicted molar refractivity (Wildman–Crippen MR) is 89.4 cm³/mol. The highest BCUT2D eigenvalue weighted by Gasteiger charge is 2.24. The molecule has 0 aliphatic carbocycles. The number of hydrogen-bond donors (Lipinski definition) is 0. The Balaban J connectivity index is 2.94. The Morgan fingerprint density at radius 1 is 1.15 bits per heavy atom. The zero-order chi connectivity index (χ0) is 15.3. The minimum Gasteiger partial charge on any atom is -0.309 e. The minimum absolute atomic E-state index is 0.312. The van der Waals surface area contributed by atoms with Crippen molar-refractivity contribution in [2.24, 2.45) is 0 Å². The van der Waals surface area contributed by atoms with E-state index in [1.165, 1.54) is 4.31 Å². The van der Waals surface area contributed by atoms with Gasteiger partial charge in [-0.15, -0.1) is 0 Å². The molecule has 0 saturated heterocycles. The number of rotatable bonds is 7. The summed E-state index contributed by atoms with van der Waals surface area (Å²) in [6.07, 6.45) is 0.814. The molecule has 0 spiro atoms. The van der Waals surface area contributed by atoms with Gasteiger partial charge in [0.05, 0.1) is 4.90 Å². The van der Waals surface area contributed by atoms with Crippen molar-refractivity contribution in [3.8, 4) is 0 Å². The summed E-state index contributed by atoms with van der Waals surface area (Å²) >= 11 is 6.66. The maximum absolute atomic E-state index is 12.6. The van der Waals surface area contributed by atoms with Crippen LogP contribution in [0.2, 0.25) is 0 Å². The van der Waals surface area contributed by atoms with Gasteiger partial charge >= 0.3 is 0 Å². The molecular weight excluding hydrogens is 408 g/mol. The van der Waals surface area contributed by atoms with Crippen LogP contribution in [0.15, 0.2) is 32.0 Å². The minimum atomic E-state index is -3.45. The van der Waals surface area contributed by atoms with Crippen LogP contribution >= 0.6 is 31.9 Å². The van der Waals surface area contributed by atoms with Gasteiger partial charge in [0.25, 0.3) is 0 Å². The normalized spacial score (nSPS) is 12.3. The van der Waals surface area contributed by atoms with Crippen LogP contribution in [-0.2, 0) is 10.0 Å². The van der Waals surface area contributed by atoms with Crippen LogP contribution in [0.5, 0.6) is 0 Å². The van der Waals surface area contributed by atoms with Gasteiger partial charge in [0.1, 0.15) is 0 Å². The van der Waals surface area contributed by atoms with Gasteiger partial charge in [-0.3, -0.25) is 0 Å². The van der Waals surface area contributed by atoms with Gasteiger partial charge in [-0.1, -0.05) is 22.9 Å². The van der Waals surface area contributed by atoms with Crippen molar-refractivity contribution in [2.45, 2.75) is 18.2 Å². The molecule has 0 unspecified atom stereocenters. The Labute approximate surface area is 138 Å². The van der Waals surface area contributed by atoms with Crippen LogP contribution in [0.25, 0.3) is 0 Å². The maximum atomic E-state index is 12.6. The highest BCUT2D eigenvalue weighted by Crippen LogP contribution is 2.28. The Bertz CT molecular complexity index is 547. The van der Waals surface area contributed by atoms with E-state index in [0.29, 0.717) is 22.5 Å². The van der Waals surface area contributed by atoms with Crippen LogP contribution in [0, 0.1) is 0 Å². The van der Waals surface area contributed by atoms with Gasteiger partial charge in [-0.2, -0.15) is 4.31 Å². The summed E-state index contributed by atoms with van der Waals surface area (Å²) in [5, 5.41) is 0. The first-order valence-corrected chi connectivity index (χ1v) is 9.41. The number of nitrogens with zero attached hydrogens (tertiary/aromatic N) is 2. The molecule has 0 N–H and O–H groups in total. The molecule has 0 amide bonds. The molecule has 7 heteroatoms. The second-order valence-corrected chi connectivity index (χ2v) is 8.40. The summed E-state index contributed by atoms with van der Waals surface area (Å²) in [5.41, 5.74) is 0. The molecule has 20 heavy (non-hydrogen) atoms. The fourth-order valence-corrected chi connectivity index (χ4v) is 5.03. The van der Waals surface area contributed by atoms with Crippen LogP contribution in [0.3, 0.4) is 0 Å². The van der Waals surface area contributed by atoms with Gasteiger partial charge in [0.2, 0.25) is 10.0 Å². The lowest BCUT2D eigenvalue weighted by Gasteiger charge is -2.22. The standard InChI is InChI=1S/C13H20Br2N2O2S/c1-4-17(9-5-8-16(2)3)20(18,19)13-7-6-11(14)10-12(13)15/h6-7,10H,4-5,8-9H2,1-3H3. The summed E-state index contributed by atoms with van der Waals surface area (Å²) < 4.78 is 28.2. The summed E-state index contributed by atoms with van der Waals surface area (Å²) in [6, 6.07) is 5.12. The average molecular weight is 428 g/mol. The number of halogens is 2. The first-order valence-electron chi connectivity index (χ1n) is 6.39. The largest absolute Gasteiger partial charge is 0.309 e. The molecule has 0 fully saturated rings. The molecule has 0 aliphatic heterocycles. The van der Waals surface area contributed by atoms with Gasteiger partial charge in [0.15, 0.2) is 0 Å². The van der Waals surface area contributed by atoms with E-state index >= 15 is 0 Å². The van der Waals surface area contributed by atoms with Crippen molar-refractivity contribution in [1.29, 1.82) is 0 Å². The van der Waals surface area contributed by atoms with Crippen LogP contribution in [0.4, 0.5) is 0 Å². The first kappa shape index (κ1) is 18.1. The number of hydrogen-bond acceptors (Lipinski definition) is 3. The van der Waals surface area contributed by atoms with Crippen molar-refractivity contribution in [2.75, 3.05) is 33.7 Å². The fraction of sp³-hybridized carbons (Fsp3) is 0.538. The molecule has 0 aliphatic rings. The number of sulfonamides is 1. The van der Waals surface area contributed by atoms with E-state index < -0.39 is 10.0 Å². The quantitative estimate of drug-likeness (QED) is 0.670. The summed E-state index contributed by atoms with van der Waals surface area (Å²) in [4.78, 5) is 2.36. The molecule has 0 aromatic heterocycles. The molecule has 0 radical (unpaired) electrons. The van der Waals surface area contributed by atoms with Crippen molar-refractivity contribution in [3.05, 3.63) is 27.1 Å². The molecule has 1 aromatic carbocycles. The van der Waals surface area contributed by atoms with Gasteiger partial charge in [-0.05, 0) is 61.2 Å². The SMILES string of the molecule is CCN(CCCN(C)C)S(=O)(=O)c1ccc(Br)cc1Br. The third kappa shape index (κ3) is 4.80. The Morgan fingerprint density at radius 3 is 2.30 bits per heavy atom. The molecule has 0 bridgehead atoms. The lowest BCUT2D eigenvalue weighted by molar-refractivity contribution is 0.356. The highest BCUT2D eigenvalue weighted by molar-refractivity contribution is 9.11. The van der Waals surface area contributed by atoms with Crippen molar-refractivity contribution in [1.82, 2.24) is 9.21 Å². The first-order chi connectivity index (χ1) is 9.28. The van der Waals surface area contributed by atoms with E-state index in [0.717, 1.165) is 17.4 Å². The topological polar surface area (TPSA) is 40.6 Å². The van der Waals surface area contributed by atoms with E-state index in [-0.39, 0.29) is 0 Å². The van der Waals surface area contributed by atoms with Crippen molar-refractivity contribution in [3.63, 3.8) is 0 Å². The lowest BCUT2D eigenvalue weighted by atomic mass is 10.4. The van der Waals surface area contributed by atoms with Crippen LogP contribution in [-0.4, -0.2) is 51.4 Å².